The summed E-state index contributed by atoms with van der Waals surface area (Å²) in [4.78, 5) is 13.7. The number of nitrogens with zero attached hydrogens (tertiary/aromatic N) is 4. The largest absolute Gasteiger partial charge is 0.497 e. The lowest BCUT2D eigenvalue weighted by atomic mass is 9.90. The van der Waals surface area contributed by atoms with Crippen LogP contribution in [0.3, 0.4) is 0 Å². The van der Waals surface area contributed by atoms with Crippen molar-refractivity contribution in [2.75, 3.05) is 49.7 Å². The maximum absolute atomic E-state index is 9.50. The first-order valence-corrected chi connectivity index (χ1v) is 10.8. The van der Waals surface area contributed by atoms with E-state index in [1.54, 1.807) is 13.4 Å². The number of hydrogen-bond donors (Lipinski definition) is 1. The molecular formula is C23H32N4O2. The van der Waals surface area contributed by atoms with Gasteiger partial charge in [-0.05, 0) is 61.6 Å². The Hall–Kier alpha value is -2.34. The Morgan fingerprint density at radius 2 is 1.69 bits per heavy atom. The highest BCUT2D eigenvalue weighted by molar-refractivity contribution is 5.50. The number of piperidine rings is 2. The molecule has 1 aromatic carbocycles. The minimum Gasteiger partial charge on any atom is -0.497 e. The summed E-state index contributed by atoms with van der Waals surface area (Å²) in [5.41, 5.74) is 1.39. The summed E-state index contributed by atoms with van der Waals surface area (Å²) in [7, 11) is 1.71. The molecule has 156 valence electrons. The molecule has 0 saturated carbocycles. The Morgan fingerprint density at radius 3 is 2.38 bits per heavy atom. The average Bonchev–Trinajstić information content (AvgIpc) is 2.80. The summed E-state index contributed by atoms with van der Waals surface area (Å²) < 4.78 is 5.25. The fourth-order valence-electron chi connectivity index (χ4n) is 4.57. The molecule has 1 N–H and O–H groups in total. The minimum absolute atomic E-state index is 0.260. The molecule has 6 heteroatoms. The summed E-state index contributed by atoms with van der Waals surface area (Å²) in [6.45, 7) is 4.23. The number of anilines is 2. The van der Waals surface area contributed by atoms with Gasteiger partial charge in [0.1, 0.15) is 23.7 Å². The van der Waals surface area contributed by atoms with Gasteiger partial charge < -0.3 is 19.6 Å². The van der Waals surface area contributed by atoms with E-state index in [0.717, 1.165) is 62.8 Å². The molecule has 3 heterocycles. The number of benzene rings is 1. The first-order chi connectivity index (χ1) is 14.2. The van der Waals surface area contributed by atoms with Crippen LogP contribution >= 0.6 is 0 Å². The maximum atomic E-state index is 9.50. The van der Waals surface area contributed by atoms with Crippen LogP contribution in [0, 0.1) is 11.8 Å². The molecule has 6 nitrogen and oxygen atoms in total. The van der Waals surface area contributed by atoms with E-state index in [0.29, 0.717) is 11.8 Å². The number of aromatic nitrogens is 2. The topological polar surface area (TPSA) is 61.7 Å². The third kappa shape index (κ3) is 4.99. The summed E-state index contributed by atoms with van der Waals surface area (Å²) >= 11 is 0. The third-order valence-electron chi connectivity index (χ3n) is 6.36. The average molecular weight is 397 g/mol. The smallest absolute Gasteiger partial charge is 0.134 e. The van der Waals surface area contributed by atoms with Gasteiger partial charge in [0.15, 0.2) is 0 Å². The molecule has 0 spiro atoms. The van der Waals surface area contributed by atoms with Crippen LogP contribution in [0.2, 0.25) is 0 Å². The monoisotopic (exact) mass is 396 g/mol. The molecule has 2 aliphatic rings. The summed E-state index contributed by atoms with van der Waals surface area (Å²) in [5.74, 6) is 4.02. The normalized spacial score (nSPS) is 20.7. The Labute approximate surface area is 173 Å². The molecule has 1 atom stereocenters. The number of aliphatic hydroxyl groups excluding tert-OH is 1. The second-order valence-corrected chi connectivity index (χ2v) is 8.35. The lowest BCUT2D eigenvalue weighted by molar-refractivity contribution is 0.208. The van der Waals surface area contributed by atoms with Gasteiger partial charge in [0.2, 0.25) is 0 Å². The number of ether oxygens (including phenoxy) is 1. The van der Waals surface area contributed by atoms with E-state index >= 15 is 0 Å². The van der Waals surface area contributed by atoms with Gasteiger partial charge in [0, 0.05) is 38.9 Å². The van der Waals surface area contributed by atoms with Gasteiger partial charge in [-0.1, -0.05) is 12.1 Å². The quantitative estimate of drug-likeness (QED) is 0.809. The van der Waals surface area contributed by atoms with E-state index < -0.39 is 0 Å². The van der Waals surface area contributed by atoms with Gasteiger partial charge in [-0.15, -0.1) is 0 Å². The Kier molecular flexibility index (Phi) is 6.49. The van der Waals surface area contributed by atoms with Gasteiger partial charge in [0.05, 0.1) is 7.11 Å². The zero-order chi connectivity index (χ0) is 20.1. The van der Waals surface area contributed by atoms with E-state index in [4.69, 9.17) is 4.74 Å². The van der Waals surface area contributed by atoms with Crippen molar-refractivity contribution in [3.63, 3.8) is 0 Å². The number of rotatable bonds is 6. The summed E-state index contributed by atoms with van der Waals surface area (Å²) in [6.07, 6.45) is 7.40. The van der Waals surface area contributed by atoms with Crippen LogP contribution in [-0.4, -0.2) is 55.0 Å². The van der Waals surface area contributed by atoms with E-state index in [9.17, 15) is 5.11 Å². The fourth-order valence-corrected chi connectivity index (χ4v) is 4.57. The van der Waals surface area contributed by atoms with Crippen LogP contribution in [0.4, 0.5) is 11.6 Å². The number of methoxy groups -OCH3 is 1. The number of aliphatic hydroxyl groups is 1. The molecule has 2 fully saturated rings. The maximum Gasteiger partial charge on any atom is 0.134 e. The molecule has 2 aromatic rings. The highest BCUT2D eigenvalue weighted by Crippen LogP contribution is 2.28. The predicted molar refractivity (Wildman–Crippen MR) is 116 cm³/mol. The molecular weight excluding hydrogens is 364 g/mol. The Balaban J connectivity index is 1.33. The van der Waals surface area contributed by atoms with Gasteiger partial charge in [-0.25, -0.2) is 9.97 Å². The SMILES string of the molecule is COc1ccc(CC2CCN(c3cc(N4CCCC(CO)C4)ncn3)CC2)cc1. The van der Waals surface area contributed by atoms with Gasteiger partial charge >= 0.3 is 0 Å². The van der Waals surface area contributed by atoms with Gasteiger partial charge in [-0.2, -0.15) is 0 Å². The molecule has 1 unspecified atom stereocenters. The summed E-state index contributed by atoms with van der Waals surface area (Å²) in [5, 5.41) is 9.50. The van der Waals surface area contributed by atoms with E-state index in [1.807, 2.05) is 0 Å². The van der Waals surface area contributed by atoms with Crippen molar-refractivity contribution in [3.8, 4) is 5.75 Å². The lowest BCUT2D eigenvalue weighted by Gasteiger charge is -2.35. The standard InChI is InChI=1S/C23H32N4O2/c1-29-21-6-4-18(5-7-21)13-19-8-11-26(12-9-19)22-14-23(25-17-24-22)27-10-2-3-20(15-27)16-28/h4-7,14,17,19-20,28H,2-3,8-13,15-16H2,1H3. The van der Waals surface area contributed by atoms with Crippen molar-refractivity contribution in [3.05, 3.63) is 42.2 Å². The van der Waals surface area contributed by atoms with Crippen LogP contribution < -0.4 is 14.5 Å². The summed E-state index contributed by atoms with van der Waals surface area (Å²) in [6, 6.07) is 10.6. The molecule has 2 saturated heterocycles. The molecule has 0 amide bonds. The molecule has 4 rings (SSSR count). The van der Waals surface area contributed by atoms with Crippen molar-refractivity contribution in [2.24, 2.45) is 11.8 Å². The molecule has 0 bridgehead atoms. The van der Waals surface area contributed by atoms with Gasteiger partial charge in [-0.3, -0.25) is 0 Å². The molecule has 0 aliphatic carbocycles. The van der Waals surface area contributed by atoms with Crippen LogP contribution in [0.15, 0.2) is 36.7 Å². The predicted octanol–water partition coefficient (Wildman–Crippen LogP) is 3.15. The fraction of sp³-hybridized carbons (Fsp3) is 0.565. The highest BCUT2D eigenvalue weighted by atomic mass is 16.5. The second-order valence-electron chi connectivity index (χ2n) is 8.35. The van der Waals surface area contributed by atoms with Crippen molar-refractivity contribution in [1.82, 2.24) is 9.97 Å². The minimum atomic E-state index is 0.260. The second kappa shape index (κ2) is 9.44. The Morgan fingerprint density at radius 1 is 0.966 bits per heavy atom. The van der Waals surface area contributed by atoms with E-state index in [-0.39, 0.29) is 6.61 Å². The van der Waals surface area contributed by atoms with Crippen molar-refractivity contribution < 1.29 is 9.84 Å². The number of hydrogen-bond acceptors (Lipinski definition) is 6. The highest BCUT2D eigenvalue weighted by Gasteiger charge is 2.23. The first kappa shape index (κ1) is 20.0. The zero-order valence-corrected chi connectivity index (χ0v) is 17.3. The molecule has 0 radical (unpaired) electrons. The van der Waals surface area contributed by atoms with E-state index in [2.05, 4.69) is 50.1 Å². The lowest BCUT2D eigenvalue weighted by Crippen LogP contribution is -2.38. The van der Waals surface area contributed by atoms with Crippen LogP contribution in [0.1, 0.15) is 31.2 Å². The van der Waals surface area contributed by atoms with Crippen LogP contribution in [0.5, 0.6) is 5.75 Å². The third-order valence-corrected chi connectivity index (χ3v) is 6.36. The molecule has 1 aromatic heterocycles. The Bertz CT molecular complexity index is 775. The van der Waals surface area contributed by atoms with Crippen molar-refractivity contribution in [2.45, 2.75) is 32.1 Å². The van der Waals surface area contributed by atoms with E-state index in [1.165, 1.54) is 18.4 Å². The van der Waals surface area contributed by atoms with Gasteiger partial charge in [0.25, 0.3) is 0 Å². The van der Waals surface area contributed by atoms with Crippen molar-refractivity contribution in [1.29, 1.82) is 0 Å². The zero-order valence-electron chi connectivity index (χ0n) is 17.3. The van der Waals surface area contributed by atoms with Crippen LogP contribution in [-0.2, 0) is 6.42 Å². The van der Waals surface area contributed by atoms with Crippen LogP contribution in [0.25, 0.3) is 0 Å². The van der Waals surface area contributed by atoms with Crippen molar-refractivity contribution >= 4 is 11.6 Å². The first-order valence-electron chi connectivity index (χ1n) is 10.8. The molecule has 2 aliphatic heterocycles. The molecule has 29 heavy (non-hydrogen) atoms.